The molecule has 2 aromatic rings. The summed E-state index contributed by atoms with van der Waals surface area (Å²) >= 11 is 0. The molecule has 0 spiro atoms. The van der Waals surface area contributed by atoms with Gasteiger partial charge in [-0.25, -0.2) is 4.79 Å². The summed E-state index contributed by atoms with van der Waals surface area (Å²) in [7, 11) is 2.15. The number of benzene rings is 2. The Morgan fingerprint density at radius 2 is 1.50 bits per heavy atom. The summed E-state index contributed by atoms with van der Waals surface area (Å²) < 4.78 is 5.53. The highest BCUT2D eigenvalue weighted by Crippen LogP contribution is 2.29. The van der Waals surface area contributed by atoms with Gasteiger partial charge in [-0.3, -0.25) is 4.90 Å². The van der Waals surface area contributed by atoms with Gasteiger partial charge in [0.1, 0.15) is 5.75 Å². The Kier molecular flexibility index (Phi) is 4.67. The topological polar surface area (TPSA) is 57.5 Å². The predicted molar refractivity (Wildman–Crippen MR) is 99.2 cm³/mol. The smallest absolute Gasteiger partial charge is 0.410 e. The summed E-state index contributed by atoms with van der Waals surface area (Å²) in [6.45, 7) is 1.49. The molecular formula is C20H22N4O2. The molecule has 0 aromatic heterocycles. The first-order valence-electron chi connectivity index (χ1n) is 8.94. The molecule has 1 amide bonds. The van der Waals surface area contributed by atoms with E-state index in [4.69, 9.17) is 4.74 Å². The number of likely N-dealkylation sites (tertiary alicyclic amines) is 1. The van der Waals surface area contributed by atoms with Crippen LogP contribution in [0.25, 0.3) is 0 Å². The first-order valence-corrected chi connectivity index (χ1v) is 8.94. The number of fused-ring (bicyclic) bond motifs is 2. The van der Waals surface area contributed by atoms with Gasteiger partial charge in [0.05, 0.1) is 11.4 Å². The Bertz CT molecular complexity index is 777. The molecule has 2 saturated heterocycles. The van der Waals surface area contributed by atoms with E-state index in [2.05, 4.69) is 22.2 Å². The Morgan fingerprint density at radius 3 is 2.12 bits per heavy atom. The van der Waals surface area contributed by atoms with Crippen molar-refractivity contribution >= 4 is 17.5 Å². The van der Waals surface area contributed by atoms with Gasteiger partial charge in [0.2, 0.25) is 0 Å². The Hall–Kier alpha value is -2.73. The fourth-order valence-electron chi connectivity index (χ4n) is 3.62. The van der Waals surface area contributed by atoms with Crippen LogP contribution in [0.5, 0.6) is 5.75 Å². The number of carbonyl (C=O) groups is 1. The number of likely N-dealkylation sites (N-methyl/N-ethyl adjacent to an activating group) is 1. The molecule has 4 rings (SSSR count). The van der Waals surface area contributed by atoms with Crippen molar-refractivity contribution in [2.75, 3.05) is 20.1 Å². The fourth-order valence-corrected chi connectivity index (χ4v) is 3.62. The molecule has 2 aliphatic rings. The molecule has 2 atom stereocenters. The minimum atomic E-state index is -0.270. The minimum absolute atomic E-state index is 0.270. The second-order valence-electron chi connectivity index (χ2n) is 6.85. The molecule has 0 N–H and O–H groups in total. The molecule has 2 fully saturated rings. The Balaban J connectivity index is 1.35. The third kappa shape index (κ3) is 3.60. The van der Waals surface area contributed by atoms with Gasteiger partial charge in [-0.2, -0.15) is 10.2 Å². The standard InChI is InChI=1S/C20H22N4O2/c1-23-17-9-10-18(23)14-24(13-17)20(25)26-19-11-7-16(8-12-19)22-21-15-5-3-2-4-6-15/h2-8,11-12,17-18H,9-10,13-14H2,1H3. The van der Waals surface area contributed by atoms with Crippen LogP contribution in [0.4, 0.5) is 16.2 Å². The van der Waals surface area contributed by atoms with Crippen molar-refractivity contribution in [3.8, 4) is 5.75 Å². The van der Waals surface area contributed by atoms with Crippen LogP contribution >= 0.6 is 0 Å². The molecule has 6 nitrogen and oxygen atoms in total. The molecule has 2 heterocycles. The van der Waals surface area contributed by atoms with Crippen LogP contribution in [0.15, 0.2) is 64.8 Å². The molecular weight excluding hydrogens is 328 g/mol. The zero-order valence-corrected chi connectivity index (χ0v) is 14.8. The molecule has 2 unspecified atom stereocenters. The minimum Gasteiger partial charge on any atom is -0.410 e. The molecule has 2 bridgehead atoms. The highest BCUT2D eigenvalue weighted by atomic mass is 16.6. The molecule has 134 valence electrons. The van der Waals surface area contributed by atoms with E-state index < -0.39 is 0 Å². The van der Waals surface area contributed by atoms with E-state index in [-0.39, 0.29) is 6.09 Å². The van der Waals surface area contributed by atoms with Crippen molar-refractivity contribution in [1.82, 2.24) is 9.80 Å². The van der Waals surface area contributed by atoms with E-state index in [9.17, 15) is 4.79 Å². The molecule has 26 heavy (non-hydrogen) atoms. The van der Waals surface area contributed by atoms with Crippen LogP contribution in [0.1, 0.15) is 12.8 Å². The normalized spacial score (nSPS) is 22.7. The summed E-state index contributed by atoms with van der Waals surface area (Å²) in [4.78, 5) is 16.6. The van der Waals surface area contributed by atoms with Crippen molar-refractivity contribution in [2.45, 2.75) is 24.9 Å². The lowest BCUT2D eigenvalue weighted by atomic mass is 10.2. The van der Waals surface area contributed by atoms with E-state index in [0.717, 1.165) is 31.6 Å². The highest BCUT2D eigenvalue weighted by molar-refractivity contribution is 5.71. The third-order valence-corrected chi connectivity index (χ3v) is 5.18. The van der Waals surface area contributed by atoms with Gasteiger partial charge in [-0.1, -0.05) is 18.2 Å². The van der Waals surface area contributed by atoms with E-state index in [1.54, 1.807) is 24.3 Å². The Morgan fingerprint density at radius 1 is 0.923 bits per heavy atom. The van der Waals surface area contributed by atoms with E-state index in [1.165, 1.54) is 0 Å². The number of hydrogen-bond acceptors (Lipinski definition) is 5. The highest BCUT2D eigenvalue weighted by Gasteiger charge is 2.39. The van der Waals surface area contributed by atoms with Gasteiger partial charge in [0.15, 0.2) is 0 Å². The quantitative estimate of drug-likeness (QED) is 0.772. The largest absolute Gasteiger partial charge is 0.415 e. The molecule has 2 aliphatic heterocycles. The van der Waals surface area contributed by atoms with Gasteiger partial charge < -0.3 is 9.64 Å². The van der Waals surface area contributed by atoms with Crippen molar-refractivity contribution in [3.05, 3.63) is 54.6 Å². The van der Waals surface area contributed by atoms with Gasteiger partial charge >= 0.3 is 6.09 Å². The van der Waals surface area contributed by atoms with Gasteiger partial charge in [-0.15, -0.1) is 0 Å². The lowest BCUT2D eigenvalue weighted by molar-refractivity contribution is 0.0825. The summed E-state index contributed by atoms with van der Waals surface area (Å²) in [6, 6.07) is 17.6. The predicted octanol–water partition coefficient (Wildman–Crippen LogP) is 4.38. The van der Waals surface area contributed by atoms with Crippen LogP contribution < -0.4 is 4.74 Å². The van der Waals surface area contributed by atoms with Crippen LogP contribution in [0.2, 0.25) is 0 Å². The average Bonchev–Trinajstić information content (AvgIpc) is 2.88. The van der Waals surface area contributed by atoms with E-state index in [1.807, 2.05) is 35.2 Å². The second kappa shape index (κ2) is 7.25. The van der Waals surface area contributed by atoms with Crippen LogP contribution in [-0.4, -0.2) is 48.1 Å². The average molecular weight is 350 g/mol. The maximum absolute atomic E-state index is 12.4. The summed E-state index contributed by atoms with van der Waals surface area (Å²) in [5, 5.41) is 8.37. The number of hydrogen-bond donors (Lipinski definition) is 0. The van der Waals surface area contributed by atoms with Crippen molar-refractivity contribution in [2.24, 2.45) is 10.2 Å². The van der Waals surface area contributed by atoms with E-state index >= 15 is 0 Å². The van der Waals surface area contributed by atoms with Crippen LogP contribution in [0, 0.1) is 0 Å². The second-order valence-corrected chi connectivity index (χ2v) is 6.85. The number of ether oxygens (including phenoxy) is 1. The summed E-state index contributed by atoms with van der Waals surface area (Å²) in [5.41, 5.74) is 1.51. The lowest BCUT2D eigenvalue weighted by Crippen LogP contribution is -2.54. The fraction of sp³-hybridized carbons (Fsp3) is 0.350. The summed E-state index contributed by atoms with van der Waals surface area (Å²) in [6.07, 6.45) is 2.05. The monoisotopic (exact) mass is 350 g/mol. The van der Waals surface area contributed by atoms with Crippen molar-refractivity contribution in [3.63, 3.8) is 0 Å². The SMILES string of the molecule is CN1C2CCC1CN(C(=O)Oc1ccc(N=Nc3ccccc3)cc1)C2. The van der Waals surface area contributed by atoms with Crippen LogP contribution in [0.3, 0.4) is 0 Å². The maximum atomic E-state index is 12.4. The molecule has 0 saturated carbocycles. The number of piperazine rings is 1. The van der Waals surface area contributed by atoms with E-state index in [0.29, 0.717) is 23.5 Å². The first kappa shape index (κ1) is 16.7. The molecule has 6 heteroatoms. The van der Waals surface area contributed by atoms with Crippen LogP contribution in [-0.2, 0) is 0 Å². The van der Waals surface area contributed by atoms with Crippen molar-refractivity contribution < 1.29 is 9.53 Å². The number of azo groups is 1. The van der Waals surface area contributed by atoms with Gasteiger partial charge in [0, 0.05) is 25.2 Å². The lowest BCUT2D eigenvalue weighted by Gasteiger charge is -2.38. The Labute approximate surface area is 153 Å². The number of nitrogens with zero attached hydrogens (tertiary/aromatic N) is 4. The molecule has 2 aromatic carbocycles. The molecule has 0 radical (unpaired) electrons. The zero-order chi connectivity index (χ0) is 17.9. The third-order valence-electron chi connectivity index (χ3n) is 5.18. The summed E-state index contributed by atoms with van der Waals surface area (Å²) in [5.74, 6) is 0.528. The van der Waals surface area contributed by atoms with Crippen molar-refractivity contribution in [1.29, 1.82) is 0 Å². The van der Waals surface area contributed by atoms with Gasteiger partial charge in [-0.05, 0) is 56.3 Å². The molecule has 0 aliphatic carbocycles. The maximum Gasteiger partial charge on any atom is 0.415 e. The van der Waals surface area contributed by atoms with Gasteiger partial charge in [0.25, 0.3) is 0 Å². The number of rotatable bonds is 3. The number of carbonyl (C=O) groups excluding carboxylic acids is 1. The first-order chi connectivity index (χ1) is 12.7. The zero-order valence-electron chi connectivity index (χ0n) is 14.8. The number of amides is 1.